The molecule has 0 radical (unpaired) electrons. The number of aromatic nitrogens is 3. The van der Waals surface area contributed by atoms with Crippen LogP contribution in [0.4, 0.5) is 18.9 Å². The van der Waals surface area contributed by atoms with Gasteiger partial charge in [0.25, 0.3) is 0 Å². The van der Waals surface area contributed by atoms with E-state index in [9.17, 15) is 22.8 Å². The van der Waals surface area contributed by atoms with Crippen molar-refractivity contribution in [3.63, 3.8) is 0 Å². The molecule has 1 atom stereocenters. The van der Waals surface area contributed by atoms with Gasteiger partial charge in [-0.3, -0.25) is 9.69 Å². The summed E-state index contributed by atoms with van der Waals surface area (Å²) < 4.78 is 48.6. The fourth-order valence-corrected chi connectivity index (χ4v) is 6.68. The molecule has 282 valence electrons. The van der Waals surface area contributed by atoms with Gasteiger partial charge in [0, 0.05) is 5.56 Å². The van der Waals surface area contributed by atoms with E-state index >= 15 is 0 Å². The zero-order valence-electron chi connectivity index (χ0n) is 29.9. The first-order chi connectivity index (χ1) is 26.3. The number of hydrogen-bond donors (Lipinski definition) is 1. The number of nitrogens with one attached hydrogen (secondary N) is 1. The second-order valence-electron chi connectivity index (χ2n) is 12.7. The van der Waals surface area contributed by atoms with E-state index in [0.717, 1.165) is 27.9 Å². The first-order valence-electron chi connectivity index (χ1n) is 17.1. The molecule has 0 saturated carbocycles. The lowest BCUT2D eigenvalue weighted by Gasteiger charge is -2.22. The molecule has 0 bridgehead atoms. The van der Waals surface area contributed by atoms with Gasteiger partial charge in [-0.05, 0) is 77.6 Å². The summed E-state index contributed by atoms with van der Waals surface area (Å²) in [5.41, 5.74) is 5.50. The van der Waals surface area contributed by atoms with Crippen LogP contribution in [-0.2, 0) is 20.9 Å². The topological polar surface area (TPSA) is 111 Å². The average Bonchev–Trinajstić information content (AvgIpc) is 3.79. The molecule has 1 aliphatic heterocycles. The average molecular weight is 785 g/mol. The lowest BCUT2D eigenvalue weighted by atomic mass is 9.99. The van der Waals surface area contributed by atoms with Crippen molar-refractivity contribution in [1.82, 2.24) is 20.1 Å². The number of aliphatic imine (C=N–C) groups is 1. The third-order valence-corrected chi connectivity index (χ3v) is 9.38. The minimum absolute atomic E-state index is 0.00628. The van der Waals surface area contributed by atoms with Crippen molar-refractivity contribution < 1.29 is 32.2 Å². The number of carbonyl (C=O) groups is 2. The third kappa shape index (κ3) is 10.2. The maximum absolute atomic E-state index is 13.5. The highest BCUT2D eigenvalue weighted by atomic mass is 32.2. The predicted molar refractivity (Wildman–Crippen MR) is 211 cm³/mol. The lowest BCUT2D eigenvalue weighted by Crippen LogP contribution is -2.40. The Morgan fingerprint density at radius 1 is 1.04 bits per heavy atom. The molecule has 5 aromatic rings. The molecule has 0 aliphatic carbocycles. The summed E-state index contributed by atoms with van der Waals surface area (Å²) in [6.45, 7) is 6.14. The number of thiocarbonyl (C=S) groups is 1. The number of rotatable bonds is 11. The maximum Gasteiger partial charge on any atom is 0.573 e. The zero-order chi connectivity index (χ0) is 39.1. The SMILES string of the molecule is Cc1ccc(C(C)C)c(N2C(=O)CSC2=NC(=S)NC(/C=C\c2ccc(-c3ncn(-c4ccc(OC(F)(F)F)cc4)n3)cc2)C(=O)OCc2ccccc2)c1. The van der Waals surface area contributed by atoms with Crippen LogP contribution in [0.1, 0.15) is 42.0 Å². The number of amidine groups is 1. The van der Waals surface area contributed by atoms with Gasteiger partial charge < -0.3 is 14.8 Å². The molecule has 2 heterocycles. The van der Waals surface area contributed by atoms with E-state index in [1.165, 1.54) is 47.0 Å². The molecule has 10 nitrogen and oxygen atoms in total. The van der Waals surface area contributed by atoms with Crippen molar-refractivity contribution in [3.05, 3.63) is 132 Å². The Balaban J connectivity index is 1.18. The number of alkyl halides is 3. The Morgan fingerprint density at radius 3 is 2.45 bits per heavy atom. The van der Waals surface area contributed by atoms with Crippen molar-refractivity contribution in [1.29, 1.82) is 0 Å². The maximum atomic E-state index is 13.5. The number of nitrogens with zero attached hydrogens (tertiary/aromatic N) is 5. The van der Waals surface area contributed by atoms with Crippen molar-refractivity contribution >= 4 is 57.9 Å². The number of benzene rings is 4. The van der Waals surface area contributed by atoms with Crippen LogP contribution in [0.15, 0.2) is 114 Å². The second-order valence-corrected chi connectivity index (χ2v) is 14.0. The minimum atomic E-state index is -4.78. The number of carbonyl (C=O) groups excluding carboxylic acids is 2. The summed E-state index contributed by atoms with van der Waals surface area (Å²) in [6, 6.07) is 26.7. The monoisotopic (exact) mass is 784 g/mol. The zero-order valence-corrected chi connectivity index (χ0v) is 31.5. The van der Waals surface area contributed by atoms with Crippen LogP contribution in [0.2, 0.25) is 0 Å². The van der Waals surface area contributed by atoms with Crippen LogP contribution in [0.25, 0.3) is 23.2 Å². The summed E-state index contributed by atoms with van der Waals surface area (Å²) in [5.74, 6) is -0.283. The number of thioether (sulfide) groups is 1. The lowest BCUT2D eigenvalue weighted by molar-refractivity contribution is -0.274. The Labute approximate surface area is 325 Å². The van der Waals surface area contributed by atoms with Crippen LogP contribution in [0.5, 0.6) is 5.75 Å². The number of amides is 1. The standard InChI is InChI=1S/C40H35F3N6O4S2/c1-25(2)32-19-9-26(3)21-34(32)49-35(50)23-55-39(49)46-38(54)45-33(37(51)52-22-28-7-5-4-6-8-28)20-12-27-10-13-29(14-11-27)36-44-24-48(47-36)30-15-17-31(18-16-30)53-40(41,42)43/h4-21,24-25,33H,22-23H2,1-3H3,(H,45,54)/b20-12-,46-39?. The van der Waals surface area contributed by atoms with Crippen LogP contribution >= 0.6 is 24.0 Å². The number of halogens is 3. The van der Waals surface area contributed by atoms with Gasteiger partial charge in [-0.2, -0.15) is 4.99 Å². The number of ether oxygens (including phenoxy) is 2. The molecule has 55 heavy (non-hydrogen) atoms. The van der Waals surface area contributed by atoms with E-state index in [4.69, 9.17) is 17.0 Å². The van der Waals surface area contributed by atoms with E-state index < -0.39 is 18.4 Å². The molecular formula is C40H35F3N6O4S2. The molecule has 1 aromatic heterocycles. The summed E-state index contributed by atoms with van der Waals surface area (Å²) in [6.07, 6.45) is 0.0267. The van der Waals surface area contributed by atoms with Gasteiger partial charge in [0.2, 0.25) is 5.91 Å². The summed E-state index contributed by atoms with van der Waals surface area (Å²) in [7, 11) is 0. The first-order valence-corrected chi connectivity index (χ1v) is 18.4. The number of esters is 1. The fraction of sp³-hybridized carbons (Fsp3) is 0.200. The van der Waals surface area contributed by atoms with E-state index in [2.05, 4.69) is 39.0 Å². The summed E-state index contributed by atoms with van der Waals surface area (Å²) >= 11 is 6.90. The molecule has 6 rings (SSSR count). The number of hydrogen-bond acceptors (Lipinski definition) is 8. The highest BCUT2D eigenvalue weighted by Gasteiger charge is 2.33. The molecule has 1 fully saturated rings. The second kappa shape index (κ2) is 17.1. The van der Waals surface area contributed by atoms with E-state index in [1.54, 1.807) is 29.2 Å². The fourth-order valence-electron chi connectivity index (χ4n) is 5.54. The van der Waals surface area contributed by atoms with Gasteiger partial charge in [-0.25, -0.2) is 14.5 Å². The van der Waals surface area contributed by atoms with Gasteiger partial charge >= 0.3 is 12.3 Å². The van der Waals surface area contributed by atoms with E-state index in [0.29, 0.717) is 22.2 Å². The molecule has 1 amide bonds. The molecule has 15 heteroatoms. The van der Waals surface area contributed by atoms with Crippen molar-refractivity contribution in [2.75, 3.05) is 10.7 Å². The van der Waals surface area contributed by atoms with Crippen molar-refractivity contribution in [3.8, 4) is 22.8 Å². The Bertz CT molecular complexity index is 2220. The molecule has 1 saturated heterocycles. The molecule has 4 aromatic carbocycles. The van der Waals surface area contributed by atoms with Crippen LogP contribution in [0.3, 0.4) is 0 Å². The van der Waals surface area contributed by atoms with Gasteiger partial charge in [0.05, 0.1) is 17.1 Å². The van der Waals surface area contributed by atoms with Gasteiger partial charge in [-0.1, -0.05) is 104 Å². The highest BCUT2D eigenvalue weighted by molar-refractivity contribution is 8.15. The molecular weight excluding hydrogens is 750 g/mol. The van der Waals surface area contributed by atoms with Gasteiger partial charge in [0.15, 0.2) is 16.1 Å². The normalized spacial score (nSPS) is 14.5. The van der Waals surface area contributed by atoms with Gasteiger partial charge in [0.1, 0.15) is 24.7 Å². The Morgan fingerprint density at radius 2 is 1.76 bits per heavy atom. The minimum Gasteiger partial charge on any atom is -0.459 e. The van der Waals surface area contributed by atoms with Crippen LogP contribution in [-0.4, -0.2) is 55.1 Å². The molecule has 1 unspecified atom stereocenters. The molecule has 1 N–H and O–H groups in total. The van der Waals surface area contributed by atoms with Gasteiger partial charge in [-0.15, -0.1) is 18.3 Å². The largest absolute Gasteiger partial charge is 0.573 e. The summed E-state index contributed by atoms with van der Waals surface area (Å²) in [5, 5.41) is 7.87. The quantitative estimate of drug-likeness (QED) is 0.104. The number of anilines is 1. The number of aryl methyl sites for hydroxylation is 1. The van der Waals surface area contributed by atoms with E-state index in [1.807, 2.05) is 67.6 Å². The Hall–Kier alpha value is -5.80. The highest BCUT2D eigenvalue weighted by Crippen LogP contribution is 2.34. The predicted octanol–water partition coefficient (Wildman–Crippen LogP) is 8.40. The third-order valence-electron chi connectivity index (χ3n) is 8.25. The molecule has 0 spiro atoms. The van der Waals surface area contributed by atoms with Crippen molar-refractivity contribution in [2.24, 2.45) is 4.99 Å². The smallest absolute Gasteiger partial charge is 0.459 e. The first kappa shape index (κ1) is 38.9. The Kier molecular flexibility index (Phi) is 12.1. The molecule has 1 aliphatic rings. The van der Waals surface area contributed by atoms with E-state index in [-0.39, 0.29) is 35.0 Å². The van der Waals surface area contributed by atoms with Crippen molar-refractivity contribution in [2.45, 2.75) is 45.7 Å². The van der Waals surface area contributed by atoms with Crippen LogP contribution in [0, 0.1) is 6.92 Å². The summed E-state index contributed by atoms with van der Waals surface area (Å²) in [4.78, 5) is 37.1. The van der Waals surface area contributed by atoms with Crippen LogP contribution < -0.4 is 15.0 Å².